The number of nitrogens with two attached hydrogens (primary N) is 1. The molecule has 19 heavy (non-hydrogen) atoms. The van der Waals surface area contributed by atoms with Crippen molar-refractivity contribution in [2.75, 3.05) is 17.6 Å². The van der Waals surface area contributed by atoms with Gasteiger partial charge in [-0.05, 0) is 22.4 Å². The third-order valence-corrected chi connectivity index (χ3v) is 3.03. The number of fused-ring (bicyclic) bond motifs is 1. The Morgan fingerprint density at radius 3 is 2.95 bits per heavy atom. The van der Waals surface area contributed by atoms with Crippen LogP contribution in [0.3, 0.4) is 0 Å². The van der Waals surface area contributed by atoms with Crippen molar-refractivity contribution < 1.29 is 4.63 Å². The Hall–Kier alpha value is -2.57. The maximum Gasteiger partial charge on any atom is 0.160 e. The van der Waals surface area contributed by atoms with E-state index in [0.29, 0.717) is 16.7 Å². The predicted octanol–water partition coefficient (Wildman–Crippen LogP) is 1.19. The lowest BCUT2D eigenvalue weighted by molar-refractivity contribution is 0.316. The lowest BCUT2D eigenvalue weighted by atomic mass is 10.2. The van der Waals surface area contributed by atoms with Crippen LogP contribution in [0, 0.1) is 0 Å². The van der Waals surface area contributed by atoms with Gasteiger partial charge in [-0.1, -0.05) is 0 Å². The van der Waals surface area contributed by atoms with Crippen LogP contribution < -0.4 is 11.1 Å². The van der Waals surface area contributed by atoms with E-state index in [1.807, 2.05) is 23.9 Å². The van der Waals surface area contributed by atoms with Gasteiger partial charge in [-0.3, -0.25) is 0 Å². The van der Waals surface area contributed by atoms with E-state index in [1.165, 1.54) is 0 Å². The van der Waals surface area contributed by atoms with E-state index in [0.717, 1.165) is 24.5 Å². The van der Waals surface area contributed by atoms with Crippen molar-refractivity contribution in [3.05, 3.63) is 30.4 Å². The Balaban J connectivity index is 1.74. The molecule has 0 unspecified atom stereocenters. The molecule has 0 radical (unpaired) electrons. The van der Waals surface area contributed by atoms with Crippen LogP contribution in [0.15, 0.2) is 29.2 Å². The second kappa shape index (κ2) is 4.60. The average molecular weight is 258 g/mol. The molecule has 7 heteroatoms. The van der Waals surface area contributed by atoms with Crippen LogP contribution in [-0.4, -0.2) is 26.4 Å². The van der Waals surface area contributed by atoms with E-state index in [-0.39, 0.29) is 0 Å². The molecule has 0 aliphatic carbocycles. The fraction of sp³-hybridized carbons (Fsp3) is 0.250. The zero-order chi connectivity index (χ0) is 13.2. The molecule has 0 bridgehead atoms. The molecule has 7 nitrogen and oxygen atoms in total. The Morgan fingerprint density at radius 1 is 1.32 bits per heavy atom. The molecule has 0 aliphatic rings. The van der Waals surface area contributed by atoms with Crippen LogP contribution in [0.5, 0.6) is 0 Å². The Labute approximate surface area is 109 Å². The second-order valence-electron chi connectivity index (χ2n) is 4.29. The summed E-state index contributed by atoms with van der Waals surface area (Å²) in [5, 5.41) is 10.9. The molecule has 3 N–H and O–H groups in total. The number of hydrogen-bond donors (Lipinski definition) is 2. The van der Waals surface area contributed by atoms with Gasteiger partial charge in [0.15, 0.2) is 11.0 Å². The minimum absolute atomic E-state index is 0.561. The van der Waals surface area contributed by atoms with E-state index in [4.69, 9.17) is 10.4 Å². The van der Waals surface area contributed by atoms with Gasteiger partial charge >= 0.3 is 0 Å². The zero-order valence-corrected chi connectivity index (χ0v) is 10.5. The highest BCUT2D eigenvalue weighted by Crippen LogP contribution is 2.24. The molecule has 98 valence electrons. The van der Waals surface area contributed by atoms with Crippen LogP contribution in [0.4, 0.5) is 11.4 Å². The standard InChI is InChI=1S/C12H14N6O/c1-18-7-6-15-10(18)4-5-14-9-3-2-8(13)11-12(9)17-19-16-11/h2-3,6-7,14H,4-5,13H2,1H3. The van der Waals surface area contributed by atoms with Crippen molar-refractivity contribution in [1.29, 1.82) is 0 Å². The number of nitrogen functional groups attached to an aromatic ring is 1. The molecule has 3 rings (SSSR count). The maximum absolute atomic E-state index is 5.79. The number of rotatable bonds is 4. The number of nitrogens with zero attached hydrogens (tertiary/aromatic N) is 4. The number of imidazole rings is 1. The molecule has 0 aliphatic heterocycles. The second-order valence-corrected chi connectivity index (χ2v) is 4.29. The van der Waals surface area contributed by atoms with E-state index in [9.17, 15) is 0 Å². The Kier molecular flexibility index (Phi) is 2.79. The first-order chi connectivity index (χ1) is 9.25. The lowest BCUT2D eigenvalue weighted by Crippen LogP contribution is -2.09. The molecule has 1 aromatic carbocycles. The number of nitrogens with one attached hydrogen (secondary N) is 1. The van der Waals surface area contributed by atoms with Gasteiger partial charge in [0.1, 0.15) is 5.82 Å². The van der Waals surface area contributed by atoms with Crippen molar-refractivity contribution in [3.8, 4) is 0 Å². The van der Waals surface area contributed by atoms with Gasteiger partial charge in [-0.2, -0.15) is 0 Å². The third kappa shape index (κ3) is 2.10. The van der Waals surface area contributed by atoms with Crippen molar-refractivity contribution in [1.82, 2.24) is 19.9 Å². The molecule has 0 atom stereocenters. The van der Waals surface area contributed by atoms with Gasteiger partial charge < -0.3 is 15.6 Å². The normalized spacial score (nSPS) is 11.0. The van der Waals surface area contributed by atoms with Gasteiger partial charge in [-0.15, -0.1) is 0 Å². The topological polar surface area (TPSA) is 94.8 Å². The number of anilines is 2. The Morgan fingerprint density at radius 2 is 2.16 bits per heavy atom. The fourth-order valence-electron chi connectivity index (χ4n) is 1.97. The quantitative estimate of drug-likeness (QED) is 0.683. The summed E-state index contributed by atoms with van der Waals surface area (Å²) in [5.41, 5.74) is 8.45. The van der Waals surface area contributed by atoms with Crippen LogP contribution >= 0.6 is 0 Å². The van der Waals surface area contributed by atoms with Crippen molar-refractivity contribution in [2.45, 2.75) is 6.42 Å². The van der Waals surface area contributed by atoms with E-state index >= 15 is 0 Å². The van der Waals surface area contributed by atoms with Crippen LogP contribution in [0.2, 0.25) is 0 Å². The summed E-state index contributed by atoms with van der Waals surface area (Å²) in [7, 11) is 1.98. The molecule has 2 heterocycles. The molecule has 2 aromatic heterocycles. The van der Waals surface area contributed by atoms with Gasteiger partial charge in [0.25, 0.3) is 0 Å². The van der Waals surface area contributed by atoms with E-state index < -0.39 is 0 Å². The molecule has 0 amide bonds. The summed E-state index contributed by atoms with van der Waals surface area (Å²) < 4.78 is 6.72. The van der Waals surface area contributed by atoms with Crippen molar-refractivity contribution in [3.63, 3.8) is 0 Å². The minimum atomic E-state index is 0.561. The van der Waals surface area contributed by atoms with Gasteiger partial charge in [0.05, 0.1) is 11.4 Å². The SMILES string of the molecule is Cn1ccnc1CCNc1ccc(N)c2nonc12. The average Bonchev–Trinajstić information content (AvgIpc) is 3.02. The van der Waals surface area contributed by atoms with Gasteiger partial charge in [-0.25, -0.2) is 9.61 Å². The first-order valence-corrected chi connectivity index (χ1v) is 5.96. The highest BCUT2D eigenvalue weighted by molar-refractivity contribution is 5.94. The molecule has 3 aromatic rings. The highest BCUT2D eigenvalue weighted by Gasteiger charge is 2.09. The number of aromatic nitrogens is 4. The third-order valence-electron chi connectivity index (χ3n) is 3.03. The molecule has 0 spiro atoms. The molecule has 0 saturated heterocycles. The number of aryl methyl sites for hydroxylation is 1. The van der Waals surface area contributed by atoms with Crippen molar-refractivity contribution >= 4 is 22.4 Å². The summed E-state index contributed by atoms with van der Waals surface area (Å²) in [5.74, 6) is 1.03. The minimum Gasteiger partial charge on any atom is -0.397 e. The molecule has 0 fully saturated rings. The number of hydrogen-bond acceptors (Lipinski definition) is 6. The highest BCUT2D eigenvalue weighted by atomic mass is 16.6. The summed E-state index contributed by atoms with van der Waals surface area (Å²) in [6.07, 6.45) is 4.54. The van der Waals surface area contributed by atoms with E-state index in [2.05, 4.69) is 20.6 Å². The first kappa shape index (κ1) is 11.5. The molecular formula is C12H14N6O. The lowest BCUT2D eigenvalue weighted by Gasteiger charge is -2.07. The summed E-state index contributed by atoms with van der Waals surface area (Å²) >= 11 is 0. The fourth-order valence-corrected chi connectivity index (χ4v) is 1.97. The number of benzene rings is 1. The smallest absolute Gasteiger partial charge is 0.160 e. The largest absolute Gasteiger partial charge is 0.397 e. The van der Waals surface area contributed by atoms with Crippen LogP contribution in [0.1, 0.15) is 5.82 Å². The summed E-state index contributed by atoms with van der Waals surface area (Å²) in [6.45, 7) is 0.747. The van der Waals surface area contributed by atoms with E-state index in [1.54, 1.807) is 12.3 Å². The first-order valence-electron chi connectivity index (χ1n) is 5.96. The maximum atomic E-state index is 5.79. The van der Waals surface area contributed by atoms with Crippen molar-refractivity contribution in [2.24, 2.45) is 7.05 Å². The van der Waals surface area contributed by atoms with Crippen LogP contribution in [0.25, 0.3) is 11.0 Å². The molecule has 0 saturated carbocycles. The van der Waals surface area contributed by atoms with Gasteiger partial charge in [0, 0.05) is 32.4 Å². The Bertz CT molecular complexity index is 701. The molecular weight excluding hydrogens is 244 g/mol. The summed E-state index contributed by atoms with van der Waals surface area (Å²) in [6, 6.07) is 3.66. The predicted molar refractivity (Wildman–Crippen MR) is 71.6 cm³/mol. The monoisotopic (exact) mass is 258 g/mol. The van der Waals surface area contributed by atoms with Gasteiger partial charge in [0.2, 0.25) is 0 Å². The van der Waals surface area contributed by atoms with Crippen LogP contribution in [-0.2, 0) is 13.5 Å². The zero-order valence-electron chi connectivity index (χ0n) is 10.5. The summed E-state index contributed by atoms with van der Waals surface area (Å²) in [4.78, 5) is 4.27.